The van der Waals surface area contributed by atoms with E-state index in [0.29, 0.717) is 11.1 Å². The highest BCUT2D eigenvalue weighted by molar-refractivity contribution is 5.99. The second-order valence-corrected chi connectivity index (χ2v) is 6.93. The van der Waals surface area contributed by atoms with Gasteiger partial charge in [-0.2, -0.15) is 0 Å². The van der Waals surface area contributed by atoms with Gasteiger partial charge >= 0.3 is 0 Å². The molecular weight excluding hydrogens is 340 g/mol. The first-order valence-electron chi connectivity index (χ1n) is 9.34. The van der Waals surface area contributed by atoms with Crippen molar-refractivity contribution in [2.45, 2.75) is 45.4 Å². The Morgan fingerprint density at radius 2 is 1.63 bits per heavy atom. The van der Waals surface area contributed by atoms with Gasteiger partial charge in [0, 0.05) is 24.0 Å². The van der Waals surface area contributed by atoms with Gasteiger partial charge in [0.2, 0.25) is 5.91 Å². The maximum Gasteiger partial charge on any atom is 0.269 e. The van der Waals surface area contributed by atoms with Crippen LogP contribution in [0.2, 0.25) is 0 Å². The Labute approximate surface area is 159 Å². The maximum absolute atomic E-state index is 12.4. The Morgan fingerprint density at radius 1 is 0.889 bits per heavy atom. The zero-order valence-corrected chi connectivity index (χ0v) is 15.5. The van der Waals surface area contributed by atoms with Gasteiger partial charge in [-0.25, -0.2) is 0 Å². The van der Waals surface area contributed by atoms with E-state index in [2.05, 4.69) is 10.9 Å². The van der Waals surface area contributed by atoms with Gasteiger partial charge in [0.25, 0.3) is 5.91 Å². The fourth-order valence-electron chi connectivity index (χ4n) is 3.36. The fourth-order valence-corrected chi connectivity index (χ4v) is 3.36. The molecule has 0 aromatic heterocycles. The minimum atomic E-state index is -0.386. The molecule has 5 heteroatoms. The summed E-state index contributed by atoms with van der Waals surface area (Å²) >= 11 is 0. The highest BCUT2D eigenvalue weighted by Crippen LogP contribution is 2.22. The van der Waals surface area contributed by atoms with E-state index in [1.807, 2.05) is 37.3 Å². The molecule has 0 radical (unpaired) electrons. The number of Topliss-reactive ketones (excluding diaryl/α,β-unsaturated/α-hetero) is 1. The number of nitrogens with one attached hydrogen (secondary N) is 2. The molecule has 0 spiro atoms. The Kier molecular flexibility index (Phi) is 6.01. The average Bonchev–Trinajstić information content (AvgIpc) is 2.70. The summed E-state index contributed by atoms with van der Waals surface area (Å²) in [6, 6.07) is 13.0. The summed E-state index contributed by atoms with van der Waals surface area (Å²) in [6.45, 7) is 1.83. The van der Waals surface area contributed by atoms with Gasteiger partial charge in [0.1, 0.15) is 0 Å². The van der Waals surface area contributed by atoms with E-state index < -0.39 is 0 Å². The minimum absolute atomic E-state index is 0.0317. The maximum atomic E-state index is 12.4. The minimum Gasteiger partial charge on any atom is -0.294 e. The number of hydrazine groups is 1. The summed E-state index contributed by atoms with van der Waals surface area (Å²) in [6.07, 6.45) is 4.60. The standard InChI is InChI=1S/C22H24N2O3/c1-15-6-2-5-9-19(15)22(27)24-23-21(26)13-12-20(25)18-11-10-16-7-3-4-8-17(16)14-18/h2,5-6,9-11,14H,3-4,7-8,12-13H2,1H3,(H,23,26)(H,24,27). The van der Waals surface area contributed by atoms with Crippen molar-refractivity contribution in [3.8, 4) is 0 Å². The average molecular weight is 364 g/mol. The third kappa shape index (κ3) is 4.82. The second kappa shape index (κ2) is 8.62. The lowest BCUT2D eigenvalue weighted by atomic mass is 9.89. The van der Waals surface area contributed by atoms with E-state index in [4.69, 9.17) is 0 Å². The molecule has 2 N–H and O–H groups in total. The molecule has 0 fully saturated rings. The van der Waals surface area contributed by atoms with Crippen molar-refractivity contribution in [3.05, 3.63) is 70.3 Å². The largest absolute Gasteiger partial charge is 0.294 e. The molecule has 2 aromatic carbocycles. The van der Waals surface area contributed by atoms with E-state index >= 15 is 0 Å². The van der Waals surface area contributed by atoms with E-state index in [-0.39, 0.29) is 30.4 Å². The predicted octanol–water partition coefficient (Wildman–Crippen LogP) is 3.30. The number of carbonyl (C=O) groups is 3. The molecule has 0 atom stereocenters. The lowest BCUT2D eigenvalue weighted by Crippen LogP contribution is -2.41. The van der Waals surface area contributed by atoms with Gasteiger partial charge in [0.05, 0.1) is 0 Å². The predicted molar refractivity (Wildman–Crippen MR) is 103 cm³/mol. The number of hydrogen-bond acceptors (Lipinski definition) is 3. The number of fused-ring (bicyclic) bond motifs is 1. The number of ketones is 1. The van der Waals surface area contributed by atoms with Gasteiger partial charge in [-0.15, -0.1) is 0 Å². The first kappa shape index (κ1) is 18.8. The van der Waals surface area contributed by atoms with Crippen LogP contribution < -0.4 is 10.9 Å². The Morgan fingerprint density at radius 3 is 2.41 bits per heavy atom. The quantitative estimate of drug-likeness (QED) is 0.631. The molecule has 0 aliphatic heterocycles. The molecule has 0 unspecified atom stereocenters. The van der Waals surface area contributed by atoms with Crippen molar-refractivity contribution < 1.29 is 14.4 Å². The number of rotatable bonds is 5. The third-order valence-corrected chi connectivity index (χ3v) is 4.95. The number of aryl methyl sites for hydroxylation is 3. The van der Waals surface area contributed by atoms with Crippen LogP contribution in [-0.2, 0) is 17.6 Å². The molecule has 5 nitrogen and oxygen atoms in total. The van der Waals surface area contributed by atoms with Gasteiger partial charge < -0.3 is 0 Å². The molecule has 140 valence electrons. The van der Waals surface area contributed by atoms with Crippen LogP contribution in [0.25, 0.3) is 0 Å². The van der Waals surface area contributed by atoms with Gasteiger partial charge in [-0.3, -0.25) is 25.2 Å². The highest BCUT2D eigenvalue weighted by Gasteiger charge is 2.15. The summed E-state index contributed by atoms with van der Waals surface area (Å²) in [4.78, 5) is 36.4. The molecule has 2 aromatic rings. The van der Waals surface area contributed by atoms with Crippen LogP contribution in [0, 0.1) is 6.92 Å². The molecule has 0 saturated heterocycles. The Hall–Kier alpha value is -2.95. The van der Waals surface area contributed by atoms with Crippen molar-refractivity contribution in [1.29, 1.82) is 0 Å². The van der Waals surface area contributed by atoms with Crippen LogP contribution in [0.1, 0.15) is 63.1 Å². The highest BCUT2D eigenvalue weighted by atomic mass is 16.2. The molecule has 0 heterocycles. The van der Waals surface area contributed by atoms with Crippen molar-refractivity contribution in [2.24, 2.45) is 0 Å². The first-order valence-corrected chi connectivity index (χ1v) is 9.34. The third-order valence-electron chi connectivity index (χ3n) is 4.95. The molecular formula is C22H24N2O3. The van der Waals surface area contributed by atoms with Crippen LogP contribution >= 0.6 is 0 Å². The van der Waals surface area contributed by atoms with E-state index in [1.165, 1.54) is 17.5 Å². The Balaban J connectivity index is 1.48. The van der Waals surface area contributed by atoms with Crippen LogP contribution in [0.5, 0.6) is 0 Å². The van der Waals surface area contributed by atoms with Crippen molar-refractivity contribution >= 4 is 17.6 Å². The topological polar surface area (TPSA) is 75.3 Å². The Bertz CT molecular complexity index is 874. The monoisotopic (exact) mass is 364 g/mol. The number of carbonyl (C=O) groups excluding carboxylic acids is 3. The summed E-state index contributed by atoms with van der Waals surface area (Å²) in [7, 11) is 0. The zero-order chi connectivity index (χ0) is 19.2. The van der Waals surface area contributed by atoms with Crippen molar-refractivity contribution in [2.75, 3.05) is 0 Å². The molecule has 1 aliphatic carbocycles. The fraction of sp³-hybridized carbons (Fsp3) is 0.318. The van der Waals surface area contributed by atoms with E-state index in [0.717, 1.165) is 24.8 Å². The lowest BCUT2D eigenvalue weighted by Gasteiger charge is -2.16. The summed E-state index contributed by atoms with van der Waals surface area (Å²) in [5, 5.41) is 0. The smallest absolute Gasteiger partial charge is 0.269 e. The summed E-state index contributed by atoms with van der Waals surface area (Å²) < 4.78 is 0. The molecule has 3 rings (SSSR count). The van der Waals surface area contributed by atoms with Crippen LogP contribution in [0.4, 0.5) is 0 Å². The van der Waals surface area contributed by atoms with Crippen LogP contribution in [0.15, 0.2) is 42.5 Å². The van der Waals surface area contributed by atoms with Gasteiger partial charge in [-0.05, 0) is 61.4 Å². The van der Waals surface area contributed by atoms with Crippen LogP contribution in [0.3, 0.4) is 0 Å². The molecule has 0 saturated carbocycles. The lowest BCUT2D eigenvalue weighted by molar-refractivity contribution is -0.121. The molecule has 0 bridgehead atoms. The SMILES string of the molecule is Cc1ccccc1C(=O)NNC(=O)CCC(=O)c1ccc2c(c1)CCCC2. The number of benzene rings is 2. The summed E-state index contributed by atoms with van der Waals surface area (Å²) in [5.74, 6) is -0.811. The van der Waals surface area contributed by atoms with Crippen molar-refractivity contribution in [1.82, 2.24) is 10.9 Å². The molecule has 27 heavy (non-hydrogen) atoms. The molecule has 2 amide bonds. The number of amides is 2. The number of hydrogen-bond donors (Lipinski definition) is 2. The normalized spacial score (nSPS) is 12.8. The van der Waals surface area contributed by atoms with Gasteiger partial charge in [-0.1, -0.05) is 30.3 Å². The van der Waals surface area contributed by atoms with Crippen LogP contribution in [-0.4, -0.2) is 17.6 Å². The second-order valence-electron chi connectivity index (χ2n) is 6.93. The van der Waals surface area contributed by atoms with Crippen molar-refractivity contribution in [3.63, 3.8) is 0 Å². The zero-order valence-electron chi connectivity index (χ0n) is 15.5. The first-order chi connectivity index (χ1) is 13.0. The van der Waals surface area contributed by atoms with Gasteiger partial charge in [0.15, 0.2) is 5.78 Å². The summed E-state index contributed by atoms with van der Waals surface area (Å²) in [5.41, 5.74) is 9.34. The van der Waals surface area contributed by atoms with E-state index in [9.17, 15) is 14.4 Å². The van der Waals surface area contributed by atoms with E-state index in [1.54, 1.807) is 12.1 Å². The molecule has 1 aliphatic rings.